The average molecular weight is 822 g/mol. The molecule has 2 aromatic rings. The van der Waals surface area contributed by atoms with Gasteiger partial charge in [-0.1, -0.05) is 16.8 Å². The van der Waals surface area contributed by atoms with Crippen LogP contribution >= 0.6 is 34.7 Å². The number of carboxylic acid groups (broad SMARTS) is 3. The number of carboxylic acids is 3. The molecule has 55 heavy (non-hydrogen) atoms. The number of oxime groups is 1. The number of piperidine rings is 1. The Morgan fingerprint density at radius 2 is 1.85 bits per heavy atom. The Bertz CT molecular complexity index is 2060. The van der Waals surface area contributed by atoms with E-state index in [4.69, 9.17) is 27.3 Å². The molecule has 0 aliphatic carbocycles. The summed E-state index contributed by atoms with van der Waals surface area (Å²) in [5, 5.41) is 54.8. The third-order valence-electron chi connectivity index (χ3n) is 10.3. The zero-order valence-corrected chi connectivity index (χ0v) is 31.0. The highest BCUT2D eigenvalue weighted by Gasteiger charge is 2.58. The third kappa shape index (κ3) is 7.82. The fourth-order valence-corrected chi connectivity index (χ4v) is 9.74. The number of hydrogen-bond donors (Lipinski definition) is 7. The number of aliphatic carboxylic acids is 3. The molecule has 4 aliphatic rings. The van der Waals surface area contributed by atoms with Crippen LogP contribution in [0, 0.1) is 11.3 Å². The summed E-state index contributed by atoms with van der Waals surface area (Å²) in [5.74, 6) is -9.63. The SMILES string of the molecule is Nc1nc(/C(=N/O[C@@H](CC(=O)O)C(=O)O)C(=O)C[C@@H]2C(=O)N3C(C(=O)O)=C(C[N+]45CCC(CNC(=O)C(=O)c6cc(O)c(O)c(Cl)c6)(CC4)C5)CS[C@H]23)cs1. The van der Waals surface area contributed by atoms with Crippen molar-refractivity contribution in [3.63, 3.8) is 0 Å². The van der Waals surface area contributed by atoms with Crippen molar-refractivity contribution in [1.29, 1.82) is 0 Å². The number of nitrogens with zero attached hydrogens (tertiary/aromatic N) is 4. The second-order valence-corrected chi connectivity index (χ2v) is 16.3. The molecule has 22 heteroatoms. The summed E-state index contributed by atoms with van der Waals surface area (Å²) in [6.45, 7) is 2.43. The predicted octanol–water partition coefficient (Wildman–Crippen LogP) is 0.877. The normalized spacial score (nSPS) is 24.9. The van der Waals surface area contributed by atoms with Crippen LogP contribution in [0.5, 0.6) is 11.5 Å². The molecule has 3 fully saturated rings. The summed E-state index contributed by atoms with van der Waals surface area (Å²) >= 11 is 8.08. The van der Waals surface area contributed by atoms with Crippen LogP contribution in [-0.2, 0) is 33.6 Å². The van der Waals surface area contributed by atoms with E-state index in [1.165, 1.54) is 22.0 Å². The molecule has 292 valence electrons. The van der Waals surface area contributed by atoms with E-state index in [2.05, 4.69) is 15.5 Å². The van der Waals surface area contributed by atoms with E-state index in [9.17, 15) is 54.0 Å². The van der Waals surface area contributed by atoms with Gasteiger partial charge in [0, 0.05) is 53.5 Å². The van der Waals surface area contributed by atoms with Gasteiger partial charge in [-0.2, -0.15) is 0 Å². The molecular formula is C33H34ClN6O13S2+. The van der Waals surface area contributed by atoms with Crippen molar-refractivity contribution in [2.45, 2.75) is 37.2 Å². The molecule has 5 heterocycles. The highest BCUT2D eigenvalue weighted by Crippen LogP contribution is 2.49. The minimum Gasteiger partial charge on any atom is -0.504 e. The highest BCUT2D eigenvalue weighted by atomic mass is 35.5. The van der Waals surface area contributed by atoms with E-state index in [0.29, 0.717) is 49.1 Å². The minimum atomic E-state index is -1.92. The predicted molar refractivity (Wildman–Crippen MR) is 192 cm³/mol. The fourth-order valence-electron chi connectivity index (χ4n) is 7.58. The summed E-state index contributed by atoms with van der Waals surface area (Å²) in [4.78, 5) is 97.9. The first-order chi connectivity index (χ1) is 25.9. The number of thiazole rings is 1. The maximum Gasteiger partial charge on any atom is 0.352 e. The van der Waals surface area contributed by atoms with E-state index in [0.717, 1.165) is 23.5 Å². The van der Waals surface area contributed by atoms with Gasteiger partial charge in [0.05, 0.1) is 42.4 Å². The molecule has 1 aromatic carbocycles. The van der Waals surface area contributed by atoms with E-state index in [-0.39, 0.29) is 44.8 Å². The Labute approximate surface area is 324 Å². The molecule has 8 N–H and O–H groups in total. The van der Waals surface area contributed by atoms with Gasteiger partial charge in [0.25, 0.3) is 5.91 Å². The van der Waals surface area contributed by atoms with Crippen molar-refractivity contribution in [1.82, 2.24) is 15.2 Å². The molecule has 0 radical (unpaired) electrons. The van der Waals surface area contributed by atoms with Crippen molar-refractivity contribution in [2.75, 3.05) is 44.2 Å². The fraction of sp³-hybridized carbons (Fsp3) is 0.424. The number of nitrogen functional groups attached to an aromatic ring is 1. The van der Waals surface area contributed by atoms with Crippen LogP contribution in [0.4, 0.5) is 5.13 Å². The molecule has 1 aromatic heterocycles. The first-order valence-electron chi connectivity index (χ1n) is 16.7. The molecule has 3 atom stereocenters. The number of phenols is 2. The summed E-state index contributed by atoms with van der Waals surface area (Å²) in [5.41, 5.74) is 4.98. The van der Waals surface area contributed by atoms with Crippen LogP contribution in [0.25, 0.3) is 0 Å². The van der Waals surface area contributed by atoms with Gasteiger partial charge in [-0.15, -0.1) is 23.1 Å². The number of Topliss-reactive ketones (excluding diaryl/α,β-unsaturated/α-hetero) is 2. The lowest BCUT2D eigenvalue weighted by molar-refractivity contribution is -0.904. The molecule has 2 amide bonds. The van der Waals surface area contributed by atoms with Crippen molar-refractivity contribution in [3.8, 4) is 11.5 Å². The van der Waals surface area contributed by atoms with Gasteiger partial charge in [-0.3, -0.25) is 28.9 Å². The van der Waals surface area contributed by atoms with Gasteiger partial charge in [-0.05, 0) is 12.1 Å². The van der Waals surface area contributed by atoms with Crippen LogP contribution in [0.15, 0.2) is 33.9 Å². The lowest BCUT2D eigenvalue weighted by Crippen LogP contribution is -2.62. The Hall–Kier alpha value is -5.25. The van der Waals surface area contributed by atoms with Crippen molar-refractivity contribution in [3.05, 3.63) is 45.1 Å². The van der Waals surface area contributed by atoms with Gasteiger partial charge in [0.1, 0.15) is 17.9 Å². The van der Waals surface area contributed by atoms with Gasteiger partial charge in [0.2, 0.25) is 17.8 Å². The second-order valence-electron chi connectivity index (χ2n) is 13.9. The number of halogens is 1. The summed E-state index contributed by atoms with van der Waals surface area (Å²) in [6.07, 6.45) is -1.96. The van der Waals surface area contributed by atoms with E-state index in [1.807, 2.05) is 0 Å². The number of aromatic nitrogens is 1. The topological polar surface area (TPSA) is 296 Å². The number of aromatic hydroxyl groups is 2. The highest BCUT2D eigenvalue weighted by molar-refractivity contribution is 8.00. The number of ketones is 2. The van der Waals surface area contributed by atoms with Crippen LogP contribution in [-0.4, -0.2) is 137 Å². The summed E-state index contributed by atoms with van der Waals surface area (Å²) < 4.78 is 0.516. The smallest absolute Gasteiger partial charge is 0.352 e. The Morgan fingerprint density at radius 1 is 1.15 bits per heavy atom. The number of nitrogens with one attached hydrogen (secondary N) is 1. The second kappa shape index (κ2) is 15.1. The zero-order chi connectivity index (χ0) is 40.0. The van der Waals surface area contributed by atoms with Crippen LogP contribution < -0.4 is 11.1 Å². The van der Waals surface area contributed by atoms with Gasteiger partial charge >= 0.3 is 17.9 Å². The van der Waals surface area contributed by atoms with Gasteiger partial charge in [0.15, 0.2) is 28.1 Å². The zero-order valence-electron chi connectivity index (χ0n) is 28.6. The average Bonchev–Trinajstić information content (AvgIpc) is 3.83. The molecule has 0 unspecified atom stereocenters. The first kappa shape index (κ1) is 39.4. The first-order valence-corrected chi connectivity index (χ1v) is 19.0. The number of fused-ring (bicyclic) bond motifs is 3. The van der Waals surface area contributed by atoms with Crippen LogP contribution in [0.3, 0.4) is 0 Å². The number of hydrogen-bond acceptors (Lipinski definition) is 15. The molecule has 0 saturated carbocycles. The number of phenolic OH excluding ortho intramolecular Hbond substituents is 2. The molecule has 3 saturated heterocycles. The molecule has 4 aliphatic heterocycles. The number of thioether (sulfide) groups is 1. The number of rotatable bonds is 16. The number of amides is 2. The van der Waals surface area contributed by atoms with E-state index >= 15 is 0 Å². The Kier molecular flexibility index (Phi) is 10.8. The van der Waals surface area contributed by atoms with Crippen LogP contribution in [0.2, 0.25) is 5.02 Å². The van der Waals surface area contributed by atoms with E-state index < -0.39 is 88.7 Å². The lowest BCUT2D eigenvalue weighted by Gasteiger charge is -2.50. The maximum absolute atomic E-state index is 13.5. The lowest BCUT2D eigenvalue weighted by atomic mass is 9.84. The molecule has 0 spiro atoms. The monoisotopic (exact) mass is 821 g/mol. The minimum absolute atomic E-state index is 0.0473. The number of benzene rings is 1. The molecule has 6 rings (SSSR count). The van der Waals surface area contributed by atoms with E-state index in [1.54, 1.807) is 0 Å². The molecular weight excluding hydrogens is 788 g/mol. The summed E-state index contributed by atoms with van der Waals surface area (Å²) in [7, 11) is 0. The maximum atomic E-state index is 13.5. The number of β-lactam (4-membered cyclic amide) rings is 1. The largest absolute Gasteiger partial charge is 0.504 e. The number of quaternary nitrogens is 1. The van der Waals surface area contributed by atoms with Crippen LogP contribution in [0.1, 0.15) is 41.7 Å². The summed E-state index contributed by atoms with van der Waals surface area (Å²) in [6, 6.07) is 2.03. The number of anilines is 1. The molecule has 19 nitrogen and oxygen atoms in total. The Morgan fingerprint density at radius 3 is 2.45 bits per heavy atom. The Balaban J connectivity index is 1.12. The van der Waals surface area contributed by atoms with Crippen molar-refractivity contribution < 1.29 is 68.4 Å². The number of carbonyl (C=O) groups excluding carboxylic acids is 4. The standard InChI is InChI=1S/C33H33ClN6O13S2/c34-17-5-14(6-20(42)26(17)46)25(45)27(47)36-12-33-1-3-40(13-33,4-2-33)9-15-10-54-29-16(28(48)39(29)24(15)31(51)52)7-19(41)23(18-11-55-32(35)37-18)38-53-21(30(49)50)8-22(43)44/h5-6,11,16,21,29H,1-4,7-10,12-13H2,(H7-,35,36,37,38,41,42,43,44,45,46,47,49,50,51,52)/p+1/t16-,21+,29-,33?,40?/m1/s1. The van der Waals surface area contributed by atoms with Crippen molar-refractivity contribution >= 4 is 86.8 Å². The van der Waals surface area contributed by atoms with Crippen molar-refractivity contribution in [2.24, 2.45) is 16.5 Å². The third-order valence-corrected chi connectivity index (χ3v) is 12.6. The number of carbonyl (C=O) groups is 7. The quantitative estimate of drug-likeness (QED) is 0.0235. The number of nitrogens with two attached hydrogens (primary N) is 1. The molecule has 2 bridgehead atoms. The van der Waals surface area contributed by atoms with Gasteiger partial charge in [-0.25, -0.2) is 14.6 Å². The van der Waals surface area contributed by atoms with Gasteiger partial charge < -0.3 is 45.9 Å².